The summed E-state index contributed by atoms with van der Waals surface area (Å²) >= 11 is 11.5. The lowest BCUT2D eigenvalue weighted by Gasteiger charge is -2.20. The Balaban J connectivity index is 2.76. The van der Waals surface area contributed by atoms with Crippen molar-refractivity contribution in [3.8, 4) is 0 Å². The second kappa shape index (κ2) is 6.86. The minimum atomic E-state index is -0.273. The summed E-state index contributed by atoms with van der Waals surface area (Å²) in [6.07, 6.45) is 0. The molecule has 0 atom stereocenters. The van der Waals surface area contributed by atoms with Crippen LogP contribution in [-0.4, -0.2) is 54.3 Å². The molecule has 0 aromatic carbocycles. The molecule has 1 rings (SSSR count). The summed E-state index contributed by atoms with van der Waals surface area (Å²) in [4.78, 5) is 16.2. The van der Waals surface area contributed by atoms with Crippen LogP contribution >= 0.6 is 23.2 Å². The van der Waals surface area contributed by atoms with E-state index < -0.39 is 0 Å². The van der Waals surface area contributed by atoms with Gasteiger partial charge in [0, 0.05) is 20.2 Å². The number of hydrogen-bond acceptors (Lipinski definition) is 3. The number of H-pyrrole nitrogens is 1. The fourth-order valence-corrected chi connectivity index (χ4v) is 1.64. The van der Waals surface area contributed by atoms with Crippen LogP contribution in [0.2, 0.25) is 10.2 Å². The summed E-state index contributed by atoms with van der Waals surface area (Å²) < 4.78 is 4.90. The van der Waals surface area contributed by atoms with Gasteiger partial charge >= 0.3 is 0 Å². The molecule has 0 saturated carbocycles. The van der Waals surface area contributed by atoms with E-state index >= 15 is 0 Å². The van der Waals surface area contributed by atoms with Crippen molar-refractivity contribution >= 4 is 29.1 Å². The molecule has 1 aromatic rings. The molecule has 7 heteroatoms. The summed E-state index contributed by atoms with van der Waals surface area (Å²) in [7, 11) is 1.55. The number of carbonyl (C=O) groups excluding carboxylic acids is 1. The third-order valence-corrected chi connectivity index (χ3v) is 2.87. The lowest BCUT2D eigenvalue weighted by molar-refractivity contribution is 0.0651. The Morgan fingerprint density at radius 2 is 2.24 bits per heavy atom. The highest BCUT2D eigenvalue weighted by atomic mass is 35.5. The van der Waals surface area contributed by atoms with E-state index in [1.807, 2.05) is 0 Å². The van der Waals surface area contributed by atoms with E-state index in [4.69, 9.17) is 33.0 Å². The van der Waals surface area contributed by atoms with Crippen LogP contribution in [0.3, 0.4) is 0 Å². The van der Waals surface area contributed by atoms with Gasteiger partial charge in [-0.15, -0.1) is 0 Å². The molecule has 17 heavy (non-hydrogen) atoms. The van der Waals surface area contributed by atoms with Gasteiger partial charge in [-0.1, -0.05) is 23.2 Å². The van der Waals surface area contributed by atoms with Crippen molar-refractivity contribution in [2.24, 2.45) is 0 Å². The quantitative estimate of drug-likeness (QED) is 0.828. The molecule has 1 amide bonds. The molecule has 2 N–H and O–H groups in total. The van der Waals surface area contributed by atoms with Crippen molar-refractivity contribution in [3.63, 3.8) is 0 Å². The van der Waals surface area contributed by atoms with Crippen LogP contribution in [0.4, 0.5) is 0 Å². The maximum atomic E-state index is 12.0. The largest absolute Gasteiger partial charge is 0.395 e. The number of aliphatic hydroxyl groups excluding tert-OH is 1. The lowest BCUT2D eigenvalue weighted by Crippen LogP contribution is -2.36. The SMILES string of the molecule is COCCN(CCO)C(=O)c1cc(Cl)c(Cl)[nH]1. The summed E-state index contributed by atoms with van der Waals surface area (Å²) in [5, 5.41) is 9.42. The monoisotopic (exact) mass is 280 g/mol. The number of halogens is 2. The number of amides is 1. The van der Waals surface area contributed by atoms with Crippen molar-refractivity contribution in [2.45, 2.75) is 0 Å². The molecular formula is C10H14Cl2N2O3. The molecule has 0 spiro atoms. The molecule has 0 unspecified atom stereocenters. The van der Waals surface area contributed by atoms with Crippen LogP contribution in [0.5, 0.6) is 0 Å². The first-order chi connectivity index (χ1) is 8.10. The number of carbonyl (C=O) groups is 1. The molecule has 0 radical (unpaired) electrons. The highest BCUT2D eigenvalue weighted by Crippen LogP contribution is 2.22. The van der Waals surface area contributed by atoms with Gasteiger partial charge in [0.15, 0.2) is 0 Å². The average molecular weight is 281 g/mol. The van der Waals surface area contributed by atoms with Crippen LogP contribution in [0.1, 0.15) is 10.5 Å². The zero-order valence-corrected chi connectivity index (χ0v) is 10.9. The number of methoxy groups -OCH3 is 1. The zero-order chi connectivity index (χ0) is 12.8. The molecule has 0 aliphatic carbocycles. The van der Waals surface area contributed by atoms with E-state index in [0.717, 1.165) is 0 Å². The molecule has 0 bridgehead atoms. The molecular weight excluding hydrogens is 267 g/mol. The minimum Gasteiger partial charge on any atom is -0.395 e. The summed E-state index contributed by atoms with van der Waals surface area (Å²) in [5.74, 6) is -0.273. The minimum absolute atomic E-state index is 0.113. The number of aromatic amines is 1. The van der Waals surface area contributed by atoms with E-state index in [0.29, 0.717) is 23.9 Å². The third-order valence-electron chi connectivity index (χ3n) is 2.18. The van der Waals surface area contributed by atoms with Crippen LogP contribution in [0.15, 0.2) is 6.07 Å². The summed E-state index contributed by atoms with van der Waals surface area (Å²) in [6, 6.07) is 1.46. The first kappa shape index (κ1) is 14.3. The van der Waals surface area contributed by atoms with Crippen LogP contribution in [0.25, 0.3) is 0 Å². The second-order valence-electron chi connectivity index (χ2n) is 3.35. The van der Waals surface area contributed by atoms with E-state index in [2.05, 4.69) is 4.98 Å². The number of nitrogens with zero attached hydrogens (tertiary/aromatic N) is 1. The Labute approximate surface area is 109 Å². The second-order valence-corrected chi connectivity index (χ2v) is 4.14. The van der Waals surface area contributed by atoms with Gasteiger partial charge in [0.05, 0.1) is 18.2 Å². The zero-order valence-electron chi connectivity index (χ0n) is 9.37. The lowest BCUT2D eigenvalue weighted by atomic mass is 10.3. The summed E-state index contributed by atoms with van der Waals surface area (Å²) in [6.45, 7) is 0.909. The van der Waals surface area contributed by atoms with Crippen molar-refractivity contribution in [2.75, 3.05) is 33.4 Å². The fraction of sp³-hybridized carbons (Fsp3) is 0.500. The molecule has 96 valence electrons. The van der Waals surface area contributed by atoms with Gasteiger partial charge in [-0.2, -0.15) is 0 Å². The predicted octanol–water partition coefficient (Wildman–Crippen LogP) is 1.40. The maximum Gasteiger partial charge on any atom is 0.270 e. The Morgan fingerprint density at radius 3 is 2.71 bits per heavy atom. The number of aliphatic hydroxyl groups is 1. The molecule has 5 nitrogen and oxygen atoms in total. The van der Waals surface area contributed by atoms with Gasteiger partial charge in [0.25, 0.3) is 5.91 Å². The summed E-state index contributed by atoms with van der Waals surface area (Å²) in [5.41, 5.74) is 0.296. The van der Waals surface area contributed by atoms with Gasteiger partial charge in [-0.25, -0.2) is 0 Å². The van der Waals surface area contributed by atoms with Gasteiger partial charge in [-0.05, 0) is 6.07 Å². The van der Waals surface area contributed by atoms with Crippen molar-refractivity contribution in [1.82, 2.24) is 9.88 Å². The average Bonchev–Trinajstić information content (AvgIpc) is 2.64. The van der Waals surface area contributed by atoms with E-state index in [9.17, 15) is 4.79 Å². The normalized spacial score (nSPS) is 10.6. The van der Waals surface area contributed by atoms with E-state index in [1.54, 1.807) is 7.11 Å². The Kier molecular flexibility index (Phi) is 5.77. The standard InChI is InChI=1S/C10H14Cl2N2O3/c1-17-5-3-14(2-4-15)10(16)8-6-7(11)9(12)13-8/h6,13,15H,2-5H2,1H3. The maximum absolute atomic E-state index is 12.0. The first-order valence-corrected chi connectivity index (χ1v) is 5.78. The third kappa shape index (κ3) is 3.89. The van der Waals surface area contributed by atoms with Crippen LogP contribution < -0.4 is 0 Å². The Hall–Kier alpha value is -0.750. The predicted molar refractivity (Wildman–Crippen MR) is 65.7 cm³/mol. The van der Waals surface area contributed by atoms with Crippen molar-refractivity contribution < 1.29 is 14.6 Å². The topological polar surface area (TPSA) is 65.6 Å². The van der Waals surface area contributed by atoms with Crippen molar-refractivity contribution in [3.05, 3.63) is 21.9 Å². The highest BCUT2D eigenvalue weighted by molar-refractivity contribution is 6.41. The molecule has 0 aliphatic heterocycles. The van der Waals surface area contributed by atoms with Crippen molar-refractivity contribution in [1.29, 1.82) is 0 Å². The van der Waals surface area contributed by atoms with Crippen LogP contribution in [0, 0.1) is 0 Å². The molecule has 1 heterocycles. The van der Waals surface area contributed by atoms with Crippen LogP contribution in [-0.2, 0) is 4.74 Å². The molecule has 1 aromatic heterocycles. The molecule has 0 aliphatic rings. The van der Waals surface area contributed by atoms with E-state index in [-0.39, 0.29) is 24.2 Å². The van der Waals surface area contributed by atoms with Gasteiger partial charge in [0.1, 0.15) is 10.8 Å². The number of rotatable bonds is 6. The smallest absolute Gasteiger partial charge is 0.270 e. The Bertz CT molecular complexity index is 362. The van der Waals surface area contributed by atoms with Gasteiger partial charge in [0.2, 0.25) is 0 Å². The Morgan fingerprint density at radius 1 is 1.53 bits per heavy atom. The number of nitrogens with one attached hydrogen (secondary N) is 1. The van der Waals surface area contributed by atoms with Gasteiger partial charge < -0.3 is 19.7 Å². The number of aromatic nitrogens is 1. The molecule has 0 saturated heterocycles. The number of hydrogen-bond donors (Lipinski definition) is 2. The fourth-order valence-electron chi connectivity index (χ4n) is 1.33. The van der Waals surface area contributed by atoms with Gasteiger partial charge in [-0.3, -0.25) is 4.79 Å². The first-order valence-electron chi connectivity index (χ1n) is 5.03. The number of ether oxygens (including phenoxy) is 1. The van der Waals surface area contributed by atoms with E-state index in [1.165, 1.54) is 11.0 Å². The molecule has 0 fully saturated rings. The highest BCUT2D eigenvalue weighted by Gasteiger charge is 2.18.